The van der Waals surface area contributed by atoms with Crippen molar-refractivity contribution in [2.45, 2.75) is 19.9 Å². The van der Waals surface area contributed by atoms with Gasteiger partial charge in [0.2, 0.25) is 0 Å². The van der Waals surface area contributed by atoms with Crippen LogP contribution >= 0.6 is 11.6 Å². The zero-order valence-corrected chi connectivity index (χ0v) is 13.0. The normalized spacial score (nSPS) is 11.4. The van der Waals surface area contributed by atoms with Crippen LogP contribution in [0.3, 0.4) is 0 Å². The average molecular weight is 314 g/mol. The van der Waals surface area contributed by atoms with Gasteiger partial charge >= 0.3 is 0 Å². The summed E-state index contributed by atoms with van der Waals surface area (Å²) in [5.41, 5.74) is 2.06. The molecule has 2 aromatic heterocycles. The molecule has 0 aliphatic heterocycles. The van der Waals surface area contributed by atoms with Crippen LogP contribution in [0.15, 0.2) is 36.5 Å². The van der Waals surface area contributed by atoms with Gasteiger partial charge in [0.1, 0.15) is 0 Å². The number of aryl methyl sites for hydroxylation is 1. The number of H-pyrrole nitrogens is 1. The summed E-state index contributed by atoms with van der Waals surface area (Å²) in [6, 6.07) is 9.60. The van der Waals surface area contributed by atoms with Crippen LogP contribution < -0.4 is 0 Å². The fourth-order valence-electron chi connectivity index (χ4n) is 2.07. The number of aromatic amines is 1. The maximum atomic E-state index is 5.90. The first-order valence-electron chi connectivity index (χ1n) is 7.10. The van der Waals surface area contributed by atoms with E-state index in [0.29, 0.717) is 6.54 Å². The first-order chi connectivity index (χ1) is 10.7. The van der Waals surface area contributed by atoms with Gasteiger partial charge in [0.05, 0.1) is 12.2 Å². The molecular weight excluding hydrogens is 298 g/mol. The quantitative estimate of drug-likeness (QED) is 0.785. The van der Waals surface area contributed by atoms with Crippen LogP contribution in [0.1, 0.15) is 29.8 Å². The van der Waals surface area contributed by atoms with Gasteiger partial charge in [0.25, 0.3) is 0 Å². The number of halogens is 1. The van der Waals surface area contributed by atoms with Gasteiger partial charge in [0.15, 0.2) is 11.6 Å². The summed E-state index contributed by atoms with van der Waals surface area (Å²) >= 11 is 5.90. The van der Waals surface area contributed by atoms with Crippen molar-refractivity contribution in [2.75, 3.05) is 0 Å². The predicted molar refractivity (Wildman–Crippen MR) is 87.5 cm³/mol. The number of hydrogen-bond acceptors (Lipinski definition) is 3. The van der Waals surface area contributed by atoms with E-state index in [1.54, 1.807) is 6.20 Å². The maximum absolute atomic E-state index is 5.90. The summed E-state index contributed by atoms with van der Waals surface area (Å²) < 4.78 is 1.87. The molecule has 1 N–H and O–H groups in total. The van der Waals surface area contributed by atoms with E-state index in [2.05, 4.69) is 20.3 Å². The van der Waals surface area contributed by atoms with Crippen molar-refractivity contribution in [1.82, 2.24) is 25.0 Å². The molecular formula is C16H16ClN5. The van der Waals surface area contributed by atoms with Gasteiger partial charge < -0.3 is 0 Å². The van der Waals surface area contributed by atoms with E-state index < -0.39 is 0 Å². The lowest BCUT2D eigenvalue weighted by Crippen LogP contribution is -2.04. The number of nitrogens with zero attached hydrogens (tertiary/aromatic N) is 4. The van der Waals surface area contributed by atoms with Crippen molar-refractivity contribution in [3.05, 3.63) is 64.5 Å². The Balaban J connectivity index is 1.85. The molecule has 5 nitrogen and oxygen atoms in total. The van der Waals surface area contributed by atoms with Crippen LogP contribution in [0, 0.1) is 0 Å². The van der Waals surface area contributed by atoms with E-state index in [-0.39, 0.29) is 0 Å². The van der Waals surface area contributed by atoms with Crippen LogP contribution in [-0.2, 0) is 13.0 Å². The molecule has 0 spiro atoms. The molecule has 22 heavy (non-hydrogen) atoms. The Hall–Kier alpha value is -2.40. The third-order valence-electron chi connectivity index (χ3n) is 3.23. The van der Waals surface area contributed by atoms with Crippen molar-refractivity contribution >= 4 is 23.8 Å². The minimum Gasteiger partial charge on any atom is -0.281 e. The lowest BCUT2D eigenvalue weighted by Gasteiger charge is -2.00. The Morgan fingerprint density at radius 1 is 1.18 bits per heavy atom. The molecule has 3 aromatic rings. The smallest absolute Gasteiger partial charge is 0.151 e. The molecule has 0 amide bonds. The van der Waals surface area contributed by atoms with Gasteiger partial charge in [-0.1, -0.05) is 36.7 Å². The van der Waals surface area contributed by atoms with Gasteiger partial charge in [-0.3, -0.25) is 5.10 Å². The molecule has 0 saturated heterocycles. The van der Waals surface area contributed by atoms with Crippen LogP contribution in [0.2, 0.25) is 5.02 Å². The van der Waals surface area contributed by atoms with Gasteiger partial charge in [-0.15, -0.1) is 0 Å². The van der Waals surface area contributed by atoms with Crippen molar-refractivity contribution in [2.24, 2.45) is 0 Å². The van der Waals surface area contributed by atoms with Gasteiger partial charge in [0, 0.05) is 17.6 Å². The minimum absolute atomic E-state index is 0.618. The van der Waals surface area contributed by atoms with Gasteiger partial charge in [-0.05, 0) is 29.8 Å². The number of aromatic nitrogens is 5. The Bertz CT molecular complexity index is 756. The van der Waals surface area contributed by atoms with E-state index >= 15 is 0 Å². The molecule has 0 atom stereocenters. The molecule has 0 bridgehead atoms. The van der Waals surface area contributed by atoms with Gasteiger partial charge in [-0.2, -0.15) is 10.2 Å². The predicted octanol–water partition coefficient (Wildman–Crippen LogP) is 3.44. The van der Waals surface area contributed by atoms with E-state index in [4.69, 9.17) is 11.6 Å². The summed E-state index contributed by atoms with van der Waals surface area (Å²) in [6.07, 6.45) is 6.50. The topological polar surface area (TPSA) is 59.4 Å². The Morgan fingerprint density at radius 2 is 2.00 bits per heavy atom. The highest BCUT2D eigenvalue weighted by atomic mass is 35.5. The zero-order valence-electron chi connectivity index (χ0n) is 12.2. The van der Waals surface area contributed by atoms with Crippen LogP contribution in [0.25, 0.3) is 12.2 Å². The van der Waals surface area contributed by atoms with E-state index in [9.17, 15) is 0 Å². The lowest BCUT2D eigenvalue weighted by molar-refractivity contribution is 0.653. The molecule has 0 saturated carbocycles. The zero-order chi connectivity index (χ0) is 15.4. The average Bonchev–Trinajstić information content (AvgIpc) is 3.17. The Labute approximate surface area is 133 Å². The molecule has 2 heterocycles. The Morgan fingerprint density at radius 3 is 2.68 bits per heavy atom. The van der Waals surface area contributed by atoms with Crippen molar-refractivity contribution in [1.29, 1.82) is 0 Å². The largest absolute Gasteiger partial charge is 0.281 e. The lowest BCUT2D eigenvalue weighted by atomic mass is 10.2. The fraction of sp³-hybridized carbons (Fsp3) is 0.188. The monoisotopic (exact) mass is 313 g/mol. The van der Waals surface area contributed by atoms with Crippen molar-refractivity contribution in [3.8, 4) is 0 Å². The number of benzene rings is 1. The molecule has 3 rings (SSSR count). The molecule has 0 aliphatic carbocycles. The fourth-order valence-corrected chi connectivity index (χ4v) is 2.20. The first-order valence-corrected chi connectivity index (χ1v) is 7.48. The van der Waals surface area contributed by atoms with E-state index in [1.165, 1.54) is 0 Å². The minimum atomic E-state index is 0.618. The maximum Gasteiger partial charge on any atom is 0.151 e. The number of rotatable bonds is 5. The molecule has 112 valence electrons. The molecule has 0 radical (unpaired) electrons. The SMILES string of the molecule is CCc1nc(/C=C/c2ccc(Cl)cc2)n(Cc2ccn[nH]2)n1. The third kappa shape index (κ3) is 3.43. The molecule has 6 heteroatoms. The third-order valence-corrected chi connectivity index (χ3v) is 3.49. The Kier molecular flexibility index (Phi) is 4.34. The second-order valence-corrected chi connectivity index (χ2v) is 5.30. The number of nitrogens with one attached hydrogen (secondary N) is 1. The molecule has 0 unspecified atom stereocenters. The van der Waals surface area contributed by atoms with Crippen molar-refractivity contribution < 1.29 is 0 Å². The molecule has 0 aliphatic rings. The summed E-state index contributed by atoms with van der Waals surface area (Å²) in [6.45, 7) is 2.66. The van der Waals surface area contributed by atoms with Crippen LogP contribution in [0.5, 0.6) is 0 Å². The first kappa shape index (κ1) is 14.5. The number of hydrogen-bond donors (Lipinski definition) is 1. The van der Waals surface area contributed by atoms with Crippen LogP contribution in [-0.4, -0.2) is 25.0 Å². The van der Waals surface area contributed by atoms with E-state index in [1.807, 2.05) is 54.1 Å². The second kappa shape index (κ2) is 6.58. The highest BCUT2D eigenvalue weighted by Gasteiger charge is 2.07. The summed E-state index contributed by atoms with van der Waals surface area (Å²) in [7, 11) is 0. The van der Waals surface area contributed by atoms with Gasteiger partial charge in [-0.25, -0.2) is 9.67 Å². The summed E-state index contributed by atoms with van der Waals surface area (Å²) in [4.78, 5) is 4.55. The summed E-state index contributed by atoms with van der Waals surface area (Å²) in [5, 5.41) is 12.1. The second-order valence-electron chi connectivity index (χ2n) is 4.86. The highest BCUT2D eigenvalue weighted by molar-refractivity contribution is 6.30. The van der Waals surface area contributed by atoms with Crippen molar-refractivity contribution in [3.63, 3.8) is 0 Å². The standard InChI is InChI=1S/C16H16ClN5/c1-2-15-19-16(8-5-12-3-6-13(17)7-4-12)22(21-15)11-14-9-10-18-20-14/h3-10H,2,11H2,1H3,(H,18,20)/b8-5+. The molecule has 0 fully saturated rings. The van der Waals surface area contributed by atoms with E-state index in [0.717, 1.165) is 34.3 Å². The highest BCUT2D eigenvalue weighted by Crippen LogP contribution is 2.13. The molecule has 1 aromatic carbocycles. The van der Waals surface area contributed by atoms with Crippen LogP contribution in [0.4, 0.5) is 0 Å². The summed E-state index contributed by atoms with van der Waals surface area (Å²) in [5.74, 6) is 1.65.